The Morgan fingerprint density at radius 1 is 1.30 bits per heavy atom. The molecule has 3 aromatic rings. The number of hydrogen-bond donors (Lipinski definition) is 2. The van der Waals surface area contributed by atoms with Gasteiger partial charge in [-0.2, -0.15) is 0 Å². The summed E-state index contributed by atoms with van der Waals surface area (Å²) in [6.45, 7) is 5.03. The Hall–Kier alpha value is -2.71. The first-order valence-corrected chi connectivity index (χ1v) is 8.96. The van der Waals surface area contributed by atoms with Crippen LogP contribution in [-0.2, 0) is 0 Å². The molecule has 1 fully saturated rings. The largest absolute Gasteiger partial charge is 0.369 e. The van der Waals surface area contributed by atoms with Gasteiger partial charge >= 0.3 is 0 Å². The summed E-state index contributed by atoms with van der Waals surface area (Å²) < 4.78 is 16.4. The van der Waals surface area contributed by atoms with E-state index in [9.17, 15) is 9.18 Å². The van der Waals surface area contributed by atoms with Gasteiger partial charge in [-0.15, -0.1) is 0 Å². The van der Waals surface area contributed by atoms with Crippen molar-refractivity contribution in [3.8, 4) is 0 Å². The van der Waals surface area contributed by atoms with Gasteiger partial charge in [-0.05, 0) is 19.1 Å². The van der Waals surface area contributed by atoms with Gasteiger partial charge in [-0.3, -0.25) is 4.79 Å². The minimum Gasteiger partial charge on any atom is -0.369 e. The van der Waals surface area contributed by atoms with Gasteiger partial charge in [0, 0.05) is 38.1 Å². The van der Waals surface area contributed by atoms with Crippen LogP contribution >= 0.6 is 11.6 Å². The molecule has 1 amide bonds. The molecule has 7 nitrogen and oxygen atoms in total. The molecule has 1 saturated heterocycles. The van der Waals surface area contributed by atoms with E-state index in [1.165, 1.54) is 12.3 Å². The average Bonchev–Trinajstić information content (AvgIpc) is 3.01. The van der Waals surface area contributed by atoms with E-state index in [0.29, 0.717) is 11.3 Å². The Labute approximate surface area is 160 Å². The molecule has 2 N–H and O–H groups in total. The molecular weight excluding hydrogens is 371 g/mol. The summed E-state index contributed by atoms with van der Waals surface area (Å²) >= 11 is 6.23. The summed E-state index contributed by atoms with van der Waals surface area (Å²) in [5.74, 6) is -1.02. The van der Waals surface area contributed by atoms with Crippen LogP contribution in [0.15, 0.2) is 30.7 Å². The van der Waals surface area contributed by atoms with Gasteiger partial charge in [0.05, 0.1) is 28.7 Å². The molecule has 1 aliphatic heterocycles. The molecule has 0 spiro atoms. The van der Waals surface area contributed by atoms with Crippen LogP contribution in [0.4, 0.5) is 15.9 Å². The number of rotatable bonds is 3. The zero-order valence-corrected chi connectivity index (χ0v) is 15.4. The van der Waals surface area contributed by atoms with Crippen molar-refractivity contribution in [3.63, 3.8) is 0 Å². The van der Waals surface area contributed by atoms with E-state index in [0.717, 1.165) is 31.9 Å². The van der Waals surface area contributed by atoms with E-state index in [-0.39, 0.29) is 16.4 Å². The zero-order valence-electron chi connectivity index (χ0n) is 14.7. The number of amides is 1. The number of nitrogens with zero attached hydrogens (tertiary/aromatic N) is 4. The summed E-state index contributed by atoms with van der Waals surface area (Å²) in [5, 5.41) is 5.90. The molecule has 3 heterocycles. The predicted octanol–water partition coefficient (Wildman–Crippen LogP) is 2.49. The highest BCUT2D eigenvalue weighted by molar-refractivity contribution is 6.34. The molecular formula is C18H18ClFN6O. The van der Waals surface area contributed by atoms with E-state index in [4.69, 9.17) is 11.6 Å². The SMILES string of the molecule is Cc1cn2cc(NC(=O)c3c(F)cc(N4CCNCC4)cc3Cl)ncc2n1. The maximum absolute atomic E-state index is 14.7. The van der Waals surface area contributed by atoms with Gasteiger partial charge in [0.15, 0.2) is 5.65 Å². The topological polar surface area (TPSA) is 74.6 Å². The first kappa shape index (κ1) is 17.7. The number of anilines is 2. The number of aryl methyl sites for hydroxylation is 1. The highest BCUT2D eigenvalue weighted by atomic mass is 35.5. The van der Waals surface area contributed by atoms with Gasteiger partial charge in [-0.25, -0.2) is 14.4 Å². The minimum absolute atomic E-state index is 0.0700. The number of imidazole rings is 1. The number of piperazine rings is 1. The van der Waals surface area contributed by atoms with Crippen molar-refractivity contribution in [1.29, 1.82) is 0 Å². The summed E-state index contributed by atoms with van der Waals surface area (Å²) in [6, 6.07) is 2.97. The normalized spacial score (nSPS) is 14.6. The second kappa shape index (κ2) is 7.13. The molecule has 0 unspecified atom stereocenters. The Morgan fingerprint density at radius 2 is 2.07 bits per heavy atom. The smallest absolute Gasteiger partial charge is 0.261 e. The first-order valence-electron chi connectivity index (χ1n) is 8.59. The van der Waals surface area contributed by atoms with Crippen LogP contribution in [0.2, 0.25) is 5.02 Å². The van der Waals surface area contributed by atoms with Gasteiger partial charge in [0.1, 0.15) is 11.6 Å². The first-order chi connectivity index (χ1) is 13.0. The number of hydrogen-bond acceptors (Lipinski definition) is 5. The highest BCUT2D eigenvalue weighted by Gasteiger charge is 2.21. The third kappa shape index (κ3) is 3.58. The van der Waals surface area contributed by atoms with Crippen molar-refractivity contribution < 1.29 is 9.18 Å². The number of aromatic nitrogens is 3. The number of halogens is 2. The van der Waals surface area contributed by atoms with Crippen LogP contribution in [0.25, 0.3) is 5.65 Å². The van der Waals surface area contributed by atoms with Crippen LogP contribution in [0.1, 0.15) is 16.1 Å². The van der Waals surface area contributed by atoms with Crippen molar-refractivity contribution in [2.24, 2.45) is 0 Å². The number of fused-ring (bicyclic) bond motifs is 1. The lowest BCUT2D eigenvalue weighted by Crippen LogP contribution is -2.43. The average molecular weight is 389 g/mol. The second-order valence-electron chi connectivity index (χ2n) is 6.40. The fourth-order valence-electron chi connectivity index (χ4n) is 3.15. The monoisotopic (exact) mass is 388 g/mol. The molecule has 0 aliphatic carbocycles. The second-order valence-corrected chi connectivity index (χ2v) is 6.80. The van der Waals surface area contributed by atoms with Gasteiger partial charge < -0.3 is 19.9 Å². The molecule has 140 valence electrons. The molecule has 0 bridgehead atoms. The third-order valence-corrected chi connectivity index (χ3v) is 4.74. The van der Waals surface area contributed by atoms with Crippen molar-refractivity contribution in [2.75, 3.05) is 36.4 Å². The summed E-state index contributed by atoms with van der Waals surface area (Å²) in [6.07, 6.45) is 4.96. The van der Waals surface area contributed by atoms with Crippen LogP contribution in [0.5, 0.6) is 0 Å². The number of carbonyl (C=O) groups excluding carboxylic acids is 1. The standard InChI is InChI=1S/C18H18ClFN6O/c1-11-9-26-10-15(22-8-16(26)23-11)24-18(27)17-13(19)6-12(7-14(17)20)25-4-2-21-3-5-25/h6-10,21H,2-5H2,1H3,(H,24,27). The molecule has 1 aromatic carbocycles. The molecule has 0 saturated carbocycles. The van der Waals surface area contributed by atoms with Crippen molar-refractivity contribution in [3.05, 3.63) is 52.8 Å². The lowest BCUT2D eigenvalue weighted by Gasteiger charge is -2.29. The Kier molecular flexibility index (Phi) is 4.67. The maximum atomic E-state index is 14.7. The molecule has 4 rings (SSSR count). The van der Waals surface area contributed by atoms with Gasteiger partial charge in [0.2, 0.25) is 0 Å². The van der Waals surface area contributed by atoms with Crippen LogP contribution in [0, 0.1) is 12.7 Å². The summed E-state index contributed by atoms with van der Waals surface area (Å²) in [7, 11) is 0. The molecule has 0 atom stereocenters. The quantitative estimate of drug-likeness (QED) is 0.721. The minimum atomic E-state index is -0.659. The van der Waals surface area contributed by atoms with Crippen molar-refractivity contribution in [1.82, 2.24) is 19.7 Å². The molecule has 2 aromatic heterocycles. The van der Waals surface area contributed by atoms with E-state index in [2.05, 4.69) is 20.6 Å². The molecule has 27 heavy (non-hydrogen) atoms. The van der Waals surface area contributed by atoms with Gasteiger partial charge in [0.25, 0.3) is 5.91 Å². The Bertz CT molecular complexity index is 991. The lowest BCUT2D eigenvalue weighted by molar-refractivity contribution is 0.102. The van der Waals surface area contributed by atoms with E-state index >= 15 is 0 Å². The third-order valence-electron chi connectivity index (χ3n) is 4.44. The molecule has 9 heteroatoms. The zero-order chi connectivity index (χ0) is 19.0. The lowest BCUT2D eigenvalue weighted by atomic mass is 10.1. The number of carbonyl (C=O) groups is 1. The Morgan fingerprint density at radius 3 is 2.81 bits per heavy atom. The highest BCUT2D eigenvalue weighted by Crippen LogP contribution is 2.28. The molecule has 0 radical (unpaired) electrons. The van der Waals surface area contributed by atoms with E-state index < -0.39 is 11.7 Å². The summed E-state index contributed by atoms with van der Waals surface area (Å²) in [5.41, 5.74) is 1.97. The van der Waals surface area contributed by atoms with Crippen molar-refractivity contribution in [2.45, 2.75) is 6.92 Å². The van der Waals surface area contributed by atoms with Crippen LogP contribution in [0.3, 0.4) is 0 Å². The Balaban J connectivity index is 1.58. The number of nitrogens with one attached hydrogen (secondary N) is 2. The van der Waals surface area contributed by atoms with E-state index in [1.54, 1.807) is 16.7 Å². The maximum Gasteiger partial charge on any atom is 0.261 e. The fraction of sp³-hybridized carbons (Fsp3) is 0.278. The van der Waals surface area contributed by atoms with Crippen LogP contribution in [-0.4, -0.2) is 46.5 Å². The predicted molar refractivity (Wildman–Crippen MR) is 102 cm³/mol. The summed E-state index contributed by atoms with van der Waals surface area (Å²) in [4.78, 5) is 23.0. The van der Waals surface area contributed by atoms with E-state index in [1.807, 2.05) is 18.0 Å². The van der Waals surface area contributed by atoms with Gasteiger partial charge in [-0.1, -0.05) is 11.6 Å². The van der Waals surface area contributed by atoms with Crippen LogP contribution < -0.4 is 15.5 Å². The van der Waals surface area contributed by atoms with Crippen molar-refractivity contribution >= 4 is 34.7 Å². The number of benzene rings is 1. The fourth-order valence-corrected chi connectivity index (χ4v) is 3.44. The molecule has 1 aliphatic rings.